The molecule has 1 N–H and O–H groups in total. The van der Waals surface area contributed by atoms with E-state index in [1.54, 1.807) is 7.11 Å². The van der Waals surface area contributed by atoms with Crippen LogP contribution in [0.4, 0.5) is 0 Å². The van der Waals surface area contributed by atoms with Gasteiger partial charge in [0.2, 0.25) is 0 Å². The second kappa shape index (κ2) is 15.8. The van der Waals surface area contributed by atoms with Crippen LogP contribution in [0.1, 0.15) is 38.3 Å². The maximum Gasteiger partial charge on any atom is 0.251 e. The highest BCUT2D eigenvalue weighted by atomic mass is 16.5. The summed E-state index contributed by atoms with van der Waals surface area (Å²) in [4.78, 5) is 20.1. The zero-order valence-corrected chi connectivity index (χ0v) is 24.7. The molecule has 3 aromatic carbocycles. The summed E-state index contributed by atoms with van der Waals surface area (Å²) in [7, 11) is 1.64. The average Bonchev–Trinajstić information content (AvgIpc) is 3.02. The standard InChI is InChI=1S/C35H39N3O5/c1-40-16-18-42-33-10-5-7-28(22-33)24-37-35(39)30-11-12-34-31(23-30)21-27-6-4-8-29(20-27)25-38(14-15-41-17-19-43-34)26-32-9-2-3-13-36-32/h2-13,20,22-23H,14-19,21,24-26H2,1H3,(H,37,39). The summed E-state index contributed by atoms with van der Waals surface area (Å²) >= 11 is 0. The van der Waals surface area contributed by atoms with Crippen molar-refractivity contribution >= 4 is 5.91 Å². The van der Waals surface area contributed by atoms with Gasteiger partial charge in [-0.15, -0.1) is 0 Å². The van der Waals surface area contributed by atoms with Gasteiger partial charge in [0.1, 0.15) is 24.7 Å². The number of benzene rings is 3. The van der Waals surface area contributed by atoms with Gasteiger partial charge in [0.25, 0.3) is 5.91 Å². The van der Waals surface area contributed by atoms with Gasteiger partial charge in [0, 0.05) is 51.5 Å². The Kier molecular flexibility index (Phi) is 11.1. The number of rotatable bonds is 9. The highest BCUT2D eigenvalue weighted by Gasteiger charge is 2.14. The molecule has 1 aliphatic rings. The Morgan fingerprint density at radius 3 is 2.72 bits per heavy atom. The van der Waals surface area contributed by atoms with Gasteiger partial charge >= 0.3 is 0 Å². The van der Waals surface area contributed by atoms with Crippen LogP contribution in [-0.4, -0.2) is 62.5 Å². The summed E-state index contributed by atoms with van der Waals surface area (Å²) in [6.45, 7) is 5.23. The van der Waals surface area contributed by atoms with Crippen LogP contribution in [0.2, 0.25) is 0 Å². The molecule has 224 valence electrons. The van der Waals surface area contributed by atoms with E-state index < -0.39 is 0 Å². The van der Waals surface area contributed by atoms with Gasteiger partial charge in [0.05, 0.1) is 25.5 Å². The molecule has 43 heavy (non-hydrogen) atoms. The first-order chi connectivity index (χ1) is 21.2. The fourth-order valence-electron chi connectivity index (χ4n) is 5.03. The van der Waals surface area contributed by atoms with Crippen LogP contribution in [0, 0.1) is 0 Å². The number of carbonyl (C=O) groups excluding carboxylic acids is 1. The minimum atomic E-state index is -0.143. The zero-order chi connectivity index (χ0) is 29.7. The molecule has 0 fully saturated rings. The van der Waals surface area contributed by atoms with E-state index in [2.05, 4.69) is 45.5 Å². The molecule has 2 bridgehead atoms. The van der Waals surface area contributed by atoms with Gasteiger partial charge in [-0.05, 0) is 64.7 Å². The predicted octanol–water partition coefficient (Wildman–Crippen LogP) is 5.04. The van der Waals surface area contributed by atoms with Crippen LogP contribution in [0.3, 0.4) is 0 Å². The number of nitrogens with zero attached hydrogens (tertiary/aromatic N) is 2. The van der Waals surface area contributed by atoms with Crippen LogP contribution in [0.5, 0.6) is 11.5 Å². The van der Waals surface area contributed by atoms with Crippen LogP contribution < -0.4 is 14.8 Å². The van der Waals surface area contributed by atoms with E-state index in [1.165, 1.54) is 5.56 Å². The first kappa shape index (κ1) is 30.2. The molecular formula is C35H39N3O5. The molecule has 2 heterocycles. The van der Waals surface area contributed by atoms with Gasteiger partial charge in [-0.2, -0.15) is 0 Å². The molecule has 5 rings (SSSR count). The first-order valence-electron chi connectivity index (χ1n) is 14.7. The molecule has 0 saturated carbocycles. The Bertz CT molecular complexity index is 1460. The van der Waals surface area contributed by atoms with E-state index in [4.69, 9.17) is 18.9 Å². The van der Waals surface area contributed by atoms with Crippen molar-refractivity contribution in [3.63, 3.8) is 0 Å². The number of nitrogens with one attached hydrogen (secondary N) is 1. The van der Waals surface area contributed by atoms with E-state index in [0.717, 1.165) is 53.5 Å². The molecule has 8 nitrogen and oxygen atoms in total. The Labute approximate surface area is 253 Å². The summed E-state index contributed by atoms with van der Waals surface area (Å²) in [5.74, 6) is 1.37. The number of ether oxygens (including phenoxy) is 4. The van der Waals surface area contributed by atoms with Crippen LogP contribution >= 0.6 is 0 Å². The number of pyridine rings is 1. The Morgan fingerprint density at radius 2 is 1.84 bits per heavy atom. The monoisotopic (exact) mass is 581 g/mol. The van der Waals surface area contributed by atoms with E-state index in [1.807, 2.05) is 60.8 Å². The molecule has 8 heteroatoms. The third kappa shape index (κ3) is 9.38. The number of hydrogen-bond acceptors (Lipinski definition) is 7. The van der Waals surface area contributed by atoms with E-state index in [0.29, 0.717) is 51.6 Å². The van der Waals surface area contributed by atoms with E-state index in [-0.39, 0.29) is 5.91 Å². The van der Waals surface area contributed by atoms with Gasteiger partial charge in [-0.1, -0.05) is 42.5 Å². The average molecular weight is 582 g/mol. The largest absolute Gasteiger partial charge is 0.491 e. The number of hydrogen-bond donors (Lipinski definition) is 1. The normalized spacial score (nSPS) is 14.2. The second-order valence-electron chi connectivity index (χ2n) is 10.5. The summed E-state index contributed by atoms with van der Waals surface area (Å²) in [6, 6.07) is 28.0. The van der Waals surface area contributed by atoms with Crippen molar-refractivity contribution in [1.82, 2.24) is 15.2 Å². The van der Waals surface area contributed by atoms with E-state index >= 15 is 0 Å². The fourth-order valence-corrected chi connectivity index (χ4v) is 5.03. The molecule has 1 aliphatic heterocycles. The zero-order valence-electron chi connectivity index (χ0n) is 24.7. The lowest BCUT2D eigenvalue weighted by atomic mass is 9.99. The third-order valence-corrected chi connectivity index (χ3v) is 7.17. The minimum Gasteiger partial charge on any atom is -0.491 e. The van der Waals surface area contributed by atoms with Crippen LogP contribution in [0.25, 0.3) is 0 Å². The first-order valence-corrected chi connectivity index (χ1v) is 14.7. The fraction of sp³-hybridized carbons (Fsp3) is 0.314. The molecule has 0 saturated heterocycles. The Hall–Kier alpha value is -4.24. The smallest absolute Gasteiger partial charge is 0.251 e. The van der Waals surface area contributed by atoms with Gasteiger partial charge in [0.15, 0.2) is 0 Å². The molecule has 0 radical (unpaired) electrons. The van der Waals surface area contributed by atoms with Crippen molar-refractivity contribution in [2.45, 2.75) is 26.1 Å². The predicted molar refractivity (Wildman–Crippen MR) is 165 cm³/mol. The van der Waals surface area contributed by atoms with Gasteiger partial charge < -0.3 is 24.3 Å². The Balaban J connectivity index is 1.29. The lowest BCUT2D eigenvalue weighted by Gasteiger charge is -2.23. The Morgan fingerprint density at radius 1 is 0.930 bits per heavy atom. The number of fused-ring (bicyclic) bond motifs is 3. The van der Waals surface area contributed by atoms with Crippen molar-refractivity contribution in [3.05, 3.63) is 125 Å². The van der Waals surface area contributed by atoms with E-state index in [9.17, 15) is 4.79 Å². The maximum absolute atomic E-state index is 13.2. The highest BCUT2D eigenvalue weighted by molar-refractivity contribution is 5.94. The molecule has 0 spiro atoms. The quantitative estimate of drug-likeness (QED) is 0.278. The topological polar surface area (TPSA) is 82.2 Å². The number of methoxy groups -OCH3 is 1. The molecule has 1 aromatic heterocycles. The maximum atomic E-state index is 13.2. The lowest BCUT2D eigenvalue weighted by molar-refractivity contribution is 0.0754. The van der Waals surface area contributed by atoms with Crippen LogP contribution in [-0.2, 0) is 35.5 Å². The molecule has 0 atom stereocenters. The van der Waals surface area contributed by atoms with Gasteiger partial charge in [-0.25, -0.2) is 0 Å². The number of aromatic nitrogens is 1. The molecular weight excluding hydrogens is 542 g/mol. The van der Waals surface area contributed by atoms with Crippen molar-refractivity contribution in [1.29, 1.82) is 0 Å². The van der Waals surface area contributed by atoms with Crippen molar-refractivity contribution in [2.24, 2.45) is 0 Å². The molecule has 0 unspecified atom stereocenters. The van der Waals surface area contributed by atoms with Crippen LogP contribution in [0.15, 0.2) is 91.1 Å². The summed E-state index contributed by atoms with van der Waals surface area (Å²) < 4.78 is 22.8. The van der Waals surface area contributed by atoms with Crippen molar-refractivity contribution < 1.29 is 23.7 Å². The summed E-state index contributed by atoms with van der Waals surface area (Å²) in [5, 5.41) is 3.04. The van der Waals surface area contributed by atoms with Crippen molar-refractivity contribution in [3.8, 4) is 11.5 Å². The van der Waals surface area contributed by atoms with Gasteiger partial charge in [-0.3, -0.25) is 14.7 Å². The second-order valence-corrected chi connectivity index (χ2v) is 10.5. The third-order valence-electron chi connectivity index (χ3n) is 7.17. The highest BCUT2D eigenvalue weighted by Crippen LogP contribution is 2.25. The minimum absolute atomic E-state index is 0.143. The number of carbonyl (C=O) groups is 1. The molecule has 4 aromatic rings. The summed E-state index contributed by atoms with van der Waals surface area (Å²) in [5.41, 5.74) is 5.92. The SMILES string of the molecule is COCCOc1cccc(CNC(=O)c2ccc3c(c2)Cc2cccc(c2)CN(Cc2ccccn2)CCOCCO3)c1. The lowest BCUT2D eigenvalue weighted by Crippen LogP contribution is -2.28. The molecule has 0 aliphatic carbocycles. The summed E-state index contributed by atoms with van der Waals surface area (Å²) in [6.07, 6.45) is 2.48. The van der Waals surface area contributed by atoms with Crippen molar-refractivity contribution in [2.75, 3.05) is 46.7 Å². The number of amides is 1. The molecule has 1 amide bonds.